The molecule has 1 aromatic rings. The average Bonchev–Trinajstić information content (AvgIpc) is 2.82. The molecule has 1 fully saturated rings. The number of hydrogen-bond acceptors (Lipinski definition) is 2. The van der Waals surface area contributed by atoms with E-state index in [1.807, 2.05) is 0 Å². The van der Waals surface area contributed by atoms with Gasteiger partial charge in [0.1, 0.15) is 0 Å². The van der Waals surface area contributed by atoms with Gasteiger partial charge in [0.15, 0.2) is 0 Å². The van der Waals surface area contributed by atoms with Crippen LogP contribution in [0, 0.1) is 5.92 Å². The zero-order valence-corrected chi connectivity index (χ0v) is 14.7. The SMILES string of the molecule is CC1=CC(C)=C(c2ccccc2CNN=C2CCCCC2)C1C. The molecule has 122 valence electrons. The van der Waals surface area contributed by atoms with Crippen molar-refractivity contribution >= 4 is 11.3 Å². The van der Waals surface area contributed by atoms with E-state index in [1.54, 1.807) is 0 Å². The third-order valence-corrected chi connectivity index (χ3v) is 5.23. The number of hydrazone groups is 1. The van der Waals surface area contributed by atoms with Crippen LogP contribution in [0.4, 0.5) is 0 Å². The van der Waals surface area contributed by atoms with E-state index in [2.05, 4.69) is 61.6 Å². The Balaban J connectivity index is 1.75. The second-order valence-corrected chi connectivity index (χ2v) is 6.94. The van der Waals surface area contributed by atoms with Crippen LogP contribution in [-0.2, 0) is 6.54 Å². The molecule has 2 aliphatic rings. The first kappa shape index (κ1) is 16.0. The Hall–Kier alpha value is -1.83. The maximum atomic E-state index is 4.64. The van der Waals surface area contributed by atoms with Crippen molar-refractivity contribution in [1.29, 1.82) is 0 Å². The third-order valence-electron chi connectivity index (χ3n) is 5.23. The van der Waals surface area contributed by atoms with Gasteiger partial charge < -0.3 is 5.43 Å². The summed E-state index contributed by atoms with van der Waals surface area (Å²) in [5.74, 6) is 0.515. The highest BCUT2D eigenvalue weighted by Gasteiger charge is 2.22. The lowest BCUT2D eigenvalue weighted by molar-refractivity contribution is 0.646. The Morgan fingerprint density at radius 2 is 1.83 bits per heavy atom. The molecule has 2 heteroatoms. The summed E-state index contributed by atoms with van der Waals surface area (Å²) in [4.78, 5) is 0. The molecule has 1 atom stereocenters. The molecule has 0 aromatic heterocycles. The molecule has 0 saturated heterocycles. The van der Waals surface area contributed by atoms with Gasteiger partial charge in [-0.2, -0.15) is 5.10 Å². The van der Waals surface area contributed by atoms with Crippen LogP contribution in [0.2, 0.25) is 0 Å². The van der Waals surface area contributed by atoms with Gasteiger partial charge in [0.25, 0.3) is 0 Å². The van der Waals surface area contributed by atoms with Crippen LogP contribution in [0.1, 0.15) is 64.0 Å². The summed E-state index contributed by atoms with van der Waals surface area (Å²) < 4.78 is 0. The van der Waals surface area contributed by atoms with Gasteiger partial charge in [0.05, 0.1) is 6.54 Å². The molecule has 2 aliphatic carbocycles. The topological polar surface area (TPSA) is 24.4 Å². The standard InChI is InChI=1S/C21H28N2/c1-15-13-16(2)21(17(15)3)20-12-8-7-9-18(20)14-22-23-19-10-5-4-6-11-19/h7-9,12-13,17,22H,4-6,10-11,14H2,1-3H3. The molecule has 3 rings (SSSR count). The fraction of sp³-hybridized carbons (Fsp3) is 0.476. The molecule has 23 heavy (non-hydrogen) atoms. The summed E-state index contributed by atoms with van der Waals surface area (Å²) in [6, 6.07) is 8.76. The number of hydrogen-bond donors (Lipinski definition) is 1. The third kappa shape index (κ3) is 3.57. The molecule has 0 bridgehead atoms. The van der Waals surface area contributed by atoms with Crippen molar-refractivity contribution in [3.63, 3.8) is 0 Å². The minimum Gasteiger partial charge on any atom is -0.306 e. The quantitative estimate of drug-likeness (QED) is 0.733. The molecule has 1 N–H and O–H groups in total. The first-order valence-corrected chi connectivity index (χ1v) is 8.92. The fourth-order valence-electron chi connectivity index (χ4n) is 3.80. The highest BCUT2D eigenvalue weighted by molar-refractivity contribution is 5.84. The molecule has 0 aliphatic heterocycles. The zero-order chi connectivity index (χ0) is 16.2. The minimum absolute atomic E-state index is 0.515. The van der Waals surface area contributed by atoms with Crippen molar-refractivity contribution in [2.24, 2.45) is 11.0 Å². The Morgan fingerprint density at radius 3 is 2.52 bits per heavy atom. The number of nitrogens with one attached hydrogen (secondary N) is 1. The van der Waals surface area contributed by atoms with Gasteiger partial charge in [-0.25, -0.2) is 0 Å². The van der Waals surface area contributed by atoms with Gasteiger partial charge in [-0.15, -0.1) is 0 Å². The summed E-state index contributed by atoms with van der Waals surface area (Å²) in [7, 11) is 0. The summed E-state index contributed by atoms with van der Waals surface area (Å²) in [5, 5.41) is 4.64. The lowest BCUT2D eigenvalue weighted by atomic mass is 9.89. The monoisotopic (exact) mass is 308 g/mol. The van der Waals surface area contributed by atoms with Gasteiger partial charge in [-0.05, 0) is 61.8 Å². The van der Waals surface area contributed by atoms with E-state index in [-0.39, 0.29) is 0 Å². The van der Waals surface area contributed by atoms with Gasteiger partial charge in [0, 0.05) is 11.6 Å². The van der Waals surface area contributed by atoms with E-state index in [1.165, 1.54) is 65.7 Å². The van der Waals surface area contributed by atoms with Crippen molar-refractivity contribution in [1.82, 2.24) is 5.43 Å². The number of benzene rings is 1. The summed E-state index contributed by atoms with van der Waals surface area (Å²) in [6.45, 7) is 7.58. The fourth-order valence-corrected chi connectivity index (χ4v) is 3.80. The lowest BCUT2D eigenvalue weighted by Gasteiger charge is -2.18. The number of allylic oxidation sites excluding steroid dienone is 4. The normalized spacial score (nSPS) is 21.4. The van der Waals surface area contributed by atoms with Crippen LogP contribution in [0.15, 0.2) is 46.6 Å². The lowest BCUT2D eigenvalue weighted by Crippen LogP contribution is -2.14. The van der Waals surface area contributed by atoms with E-state index >= 15 is 0 Å². The Labute approximate surface area is 140 Å². The molecular weight excluding hydrogens is 280 g/mol. The largest absolute Gasteiger partial charge is 0.306 e. The average molecular weight is 308 g/mol. The van der Waals surface area contributed by atoms with Crippen LogP contribution in [0.25, 0.3) is 5.57 Å². The maximum absolute atomic E-state index is 4.64. The highest BCUT2D eigenvalue weighted by atomic mass is 15.3. The number of rotatable bonds is 4. The minimum atomic E-state index is 0.515. The van der Waals surface area contributed by atoms with Crippen molar-refractivity contribution in [3.05, 3.63) is 52.6 Å². The summed E-state index contributed by atoms with van der Waals surface area (Å²) in [6.07, 6.45) is 8.61. The molecule has 1 saturated carbocycles. The van der Waals surface area contributed by atoms with Crippen molar-refractivity contribution in [2.75, 3.05) is 0 Å². The molecule has 1 unspecified atom stereocenters. The van der Waals surface area contributed by atoms with Crippen LogP contribution in [0.3, 0.4) is 0 Å². The van der Waals surface area contributed by atoms with Gasteiger partial charge in [0.2, 0.25) is 0 Å². The number of nitrogens with zero attached hydrogens (tertiary/aromatic N) is 1. The predicted molar refractivity (Wildman–Crippen MR) is 99.3 cm³/mol. The molecule has 1 aromatic carbocycles. The van der Waals surface area contributed by atoms with Gasteiger partial charge in [-0.1, -0.05) is 49.3 Å². The molecule has 0 radical (unpaired) electrons. The van der Waals surface area contributed by atoms with Gasteiger partial charge >= 0.3 is 0 Å². The van der Waals surface area contributed by atoms with Crippen molar-refractivity contribution < 1.29 is 0 Å². The second-order valence-electron chi connectivity index (χ2n) is 6.94. The smallest absolute Gasteiger partial charge is 0.0585 e. The van der Waals surface area contributed by atoms with E-state index < -0.39 is 0 Å². The van der Waals surface area contributed by atoms with Crippen molar-refractivity contribution in [2.45, 2.75) is 59.4 Å². The summed E-state index contributed by atoms with van der Waals surface area (Å²) in [5.41, 5.74) is 11.7. The van der Waals surface area contributed by atoms with Crippen LogP contribution in [-0.4, -0.2) is 5.71 Å². The van der Waals surface area contributed by atoms with Gasteiger partial charge in [-0.3, -0.25) is 0 Å². The van der Waals surface area contributed by atoms with Crippen LogP contribution < -0.4 is 5.43 Å². The highest BCUT2D eigenvalue weighted by Crippen LogP contribution is 2.39. The molecule has 0 spiro atoms. The Bertz CT molecular complexity index is 656. The Morgan fingerprint density at radius 1 is 1.09 bits per heavy atom. The molecule has 2 nitrogen and oxygen atoms in total. The zero-order valence-electron chi connectivity index (χ0n) is 14.7. The summed E-state index contributed by atoms with van der Waals surface area (Å²) >= 11 is 0. The first-order valence-electron chi connectivity index (χ1n) is 8.92. The molecule has 0 amide bonds. The van der Waals surface area contributed by atoms with E-state index in [9.17, 15) is 0 Å². The predicted octanol–water partition coefficient (Wildman–Crippen LogP) is 5.47. The molecule has 0 heterocycles. The van der Waals surface area contributed by atoms with E-state index in [0.717, 1.165) is 6.54 Å². The van der Waals surface area contributed by atoms with E-state index in [0.29, 0.717) is 5.92 Å². The Kier molecular flexibility index (Phi) is 5.00. The van der Waals surface area contributed by atoms with Crippen molar-refractivity contribution in [3.8, 4) is 0 Å². The van der Waals surface area contributed by atoms with E-state index in [4.69, 9.17) is 0 Å². The van der Waals surface area contributed by atoms with Crippen LogP contribution in [0.5, 0.6) is 0 Å². The molecular formula is C21H28N2. The first-order chi connectivity index (χ1) is 11.2. The second kappa shape index (κ2) is 7.16. The maximum Gasteiger partial charge on any atom is 0.0585 e. The van der Waals surface area contributed by atoms with Crippen LogP contribution >= 0.6 is 0 Å².